The molecule has 0 saturated carbocycles. The fourth-order valence-electron chi connectivity index (χ4n) is 3.91. The second kappa shape index (κ2) is 8.93. The Labute approximate surface area is 187 Å². The Bertz CT molecular complexity index is 1170. The summed E-state index contributed by atoms with van der Waals surface area (Å²) in [5, 5.41) is 10.9. The lowest BCUT2D eigenvalue weighted by Crippen LogP contribution is -2.31. The van der Waals surface area contributed by atoms with Gasteiger partial charge >= 0.3 is 6.18 Å². The van der Waals surface area contributed by atoms with Crippen molar-refractivity contribution in [3.63, 3.8) is 0 Å². The van der Waals surface area contributed by atoms with Gasteiger partial charge in [-0.2, -0.15) is 13.2 Å². The van der Waals surface area contributed by atoms with E-state index in [2.05, 4.69) is 4.98 Å². The van der Waals surface area contributed by atoms with E-state index in [-0.39, 0.29) is 17.9 Å². The lowest BCUT2D eigenvalue weighted by Gasteiger charge is -2.25. The van der Waals surface area contributed by atoms with Crippen LogP contribution >= 0.6 is 0 Å². The Balaban J connectivity index is 1.73. The molecule has 170 valence electrons. The van der Waals surface area contributed by atoms with Crippen molar-refractivity contribution in [3.8, 4) is 0 Å². The number of rotatable bonds is 6. The zero-order chi connectivity index (χ0) is 23.6. The summed E-state index contributed by atoms with van der Waals surface area (Å²) in [6.45, 7) is 0.696. The average molecular weight is 455 g/mol. The van der Waals surface area contributed by atoms with Crippen LogP contribution in [0.4, 0.5) is 13.2 Å². The molecule has 1 aliphatic heterocycles. The standard InChI is InChI=1S/C24H20F3N3O3/c25-24(26,27)18-9-7-16(8-10-18)20-19(21(31)17-5-2-1-3-6-17)22(32)23(33)30(20)13-4-12-29-14-11-28-15-29/h1-3,5-11,14-15,20,31H,4,12-13H2/b21-19+. The van der Waals surface area contributed by atoms with Gasteiger partial charge in [0.2, 0.25) is 0 Å². The highest BCUT2D eigenvalue weighted by Gasteiger charge is 2.46. The van der Waals surface area contributed by atoms with Gasteiger partial charge in [0, 0.05) is 31.0 Å². The molecule has 1 unspecified atom stereocenters. The quantitative estimate of drug-likeness (QED) is 0.339. The van der Waals surface area contributed by atoms with Crippen LogP contribution in [0, 0.1) is 0 Å². The van der Waals surface area contributed by atoms with E-state index in [1.165, 1.54) is 17.0 Å². The molecular weight excluding hydrogens is 435 g/mol. The van der Waals surface area contributed by atoms with Gasteiger partial charge in [0.1, 0.15) is 5.76 Å². The van der Waals surface area contributed by atoms with E-state index in [0.717, 1.165) is 12.1 Å². The molecule has 1 atom stereocenters. The van der Waals surface area contributed by atoms with Gasteiger partial charge in [0.25, 0.3) is 11.7 Å². The molecule has 3 aromatic rings. The van der Waals surface area contributed by atoms with Crippen molar-refractivity contribution in [1.29, 1.82) is 0 Å². The lowest BCUT2D eigenvalue weighted by molar-refractivity contribution is -0.140. The monoisotopic (exact) mass is 455 g/mol. The van der Waals surface area contributed by atoms with Crippen LogP contribution in [0.1, 0.15) is 29.2 Å². The number of ketones is 1. The first-order valence-corrected chi connectivity index (χ1v) is 10.2. The SMILES string of the molecule is O=C1C(=O)N(CCCn2ccnc2)C(c2ccc(C(F)(F)F)cc2)/C1=C(\O)c1ccccc1. The fraction of sp³-hybridized carbons (Fsp3) is 0.208. The zero-order valence-corrected chi connectivity index (χ0v) is 17.4. The van der Waals surface area contributed by atoms with Crippen molar-refractivity contribution >= 4 is 17.4 Å². The maximum Gasteiger partial charge on any atom is 0.416 e. The first-order chi connectivity index (χ1) is 15.8. The predicted molar refractivity (Wildman–Crippen MR) is 114 cm³/mol. The number of hydrogen-bond acceptors (Lipinski definition) is 4. The Hall–Kier alpha value is -3.88. The summed E-state index contributed by atoms with van der Waals surface area (Å²) in [5.74, 6) is -2.04. The van der Waals surface area contributed by atoms with Gasteiger partial charge in [-0.15, -0.1) is 0 Å². The van der Waals surface area contributed by atoms with Crippen LogP contribution in [0.15, 0.2) is 78.9 Å². The normalized spacial score (nSPS) is 18.2. The number of aromatic nitrogens is 2. The minimum atomic E-state index is -4.52. The molecule has 6 nitrogen and oxygen atoms in total. The second-order valence-electron chi connectivity index (χ2n) is 7.63. The van der Waals surface area contributed by atoms with E-state index in [1.807, 2.05) is 4.57 Å². The van der Waals surface area contributed by atoms with Crippen molar-refractivity contribution in [3.05, 3.63) is 95.6 Å². The number of aliphatic hydroxyl groups excluding tert-OH is 1. The van der Waals surface area contributed by atoms with Crippen molar-refractivity contribution in [1.82, 2.24) is 14.5 Å². The number of aliphatic hydroxyl groups is 1. The summed E-state index contributed by atoms with van der Waals surface area (Å²) in [5.41, 5.74) is -0.340. The molecule has 1 saturated heterocycles. The van der Waals surface area contributed by atoms with E-state index in [0.29, 0.717) is 24.1 Å². The van der Waals surface area contributed by atoms with Crippen molar-refractivity contribution in [2.45, 2.75) is 25.2 Å². The number of benzene rings is 2. The fourth-order valence-corrected chi connectivity index (χ4v) is 3.91. The molecule has 1 fully saturated rings. The molecule has 9 heteroatoms. The highest BCUT2D eigenvalue weighted by atomic mass is 19.4. The van der Waals surface area contributed by atoms with Gasteiger partial charge in [-0.3, -0.25) is 9.59 Å². The molecule has 0 bridgehead atoms. The van der Waals surface area contributed by atoms with Crippen LogP contribution in [0.2, 0.25) is 0 Å². The van der Waals surface area contributed by atoms with Crippen LogP contribution in [0.5, 0.6) is 0 Å². The number of amides is 1. The Kier molecular flexibility index (Phi) is 6.04. The number of aryl methyl sites for hydroxylation is 1. The summed E-state index contributed by atoms with van der Waals surface area (Å²) in [6, 6.07) is 11.5. The summed E-state index contributed by atoms with van der Waals surface area (Å²) >= 11 is 0. The van der Waals surface area contributed by atoms with Gasteiger partial charge < -0.3 is 14.6 Å². The number of carbonyl (C=O) groups excluding carboxylic acids is 2. The van der Waals surface area contributed by atoms with Gasteiger partial charge in [0.05, 0.1) is 23.5 Å². The van der Waals surface area contributed by atoms with Crippen LogP contribution < -0.4 is 0 Å². The van der Waals surface area contributed by atoms with E-state index < -0.39 is 29.5 Å². The predicted octanol–water partition coefficient (Wildman–Crippen LogP) is 4.41. The Morgan fingerprint density at radius 2 is 1.70 bits per heavy atom. The van der Waals surface area contributed by atoms with Crippen LogP contribution in [0.25, 0.3) is 5.76 Å². The number of alkyl halides is 3. The third-order valence-electron chi connectivity index (χ3n) is 5.52. The first kappa shape index (κ1) is 22.3. The molecule has 0 aliphatic carbocycles. The summed E-state index contributed by atoms with van der Waals surface area (Å²) in [7, 11) is 0. The second-order valence-corrected chi connectivity index (χ2v) is 7.63. The lowest BCUT2D eigenvalue weighted by atomic mass is 9.94. The molecule has 2 aromatic carbocycles. The summed E-state index contributed by atoms with van der Waals surface area (Å²) < 4.78 is 41.0. The number of likely N-dealkylation sites (tertiary alicyclic amines) is 1. The maximum atomic E-state index is 13.0. The number of carbonyl (C=O) groups is 2. The van der Waals surface area contributed by atoms with Gasteiger partial charge in [0.15, 0.2) is 0 Å². The Morgan fingerprint density at radius 3 is 2.30 bits per heavy atom. The topological polar surface area (TPSA) is 75.4 Å². The average Bonchev–Trinajstić information content (AvgIpc) is 3.41. The van der Waals surface area contributed by atoms with Crippen molar-refractivity contribution < 1.29 is 27.9 Å². The third-order valence-corrected chi connectivity index (χ3v) is 5.52. The third kappa shape index (κ3) is 4.52. The molecular formula is C24H20F3N3O3. The van der Waals surface area contributed by atoms with E-state index >= 15 is 0 Å². The van der Waals surface area contributed by atoms with Crippen molar-refractivity contribution in [2.75, 3.05) is 6.54 Å². The Morgan fingerprint density at radius 1 is 1.00 bits per heavy atom. The molecule has 1 aliphatic rings. The highest BCUT2D eigenvalue weighted by Crippen LogP contribution is 2.40. The van der Waals surface area contributed by atoms with Gasteiger partial charge in [-0.25, -0.2) is 4.98 Å². The van der Waals surface area contributed by atoms with E-state index in [1.54, 1.807) is 49.1 Å². The maximum absolute atomic E-state index is 13.0. The largest absolute Gasteiger partial charge is 0.507 e. The number of nitrogens with zero attached hydrogens (tertiary/aromatic N) is 3. The smallest absolute Gasteiger partial charge is 0.416 e. The summed E-state index contributed by atoms with van der Waals surface area (Å²) in [6.07, 6.45) is 0.961. The molecule has 1 amide bonds. The zero-order valence-electron chi connectivity index (χ0n) is 17.4. The molecule has 33 heavy (non-hydrogen) atoms. The number of halogens is 3. The molecule has 4 rings (SSSR count). The molecule has 1 N–H and O–H groups in total. The minimum Gasteiger partial charge on any atom is -0.507 e. The number of Topliss-reactive ketones (excluding diaryl/α,β-unsaturated/α-hetero) is 1. The van der Waals surface area contributed by atoms with Crippen LogP contribution in [-0.2, 0) is 22.3 Å². The van der Waals surface area contributed by atoms with Crippen LogP contribution in [-0.4, -0.2) is 37.8 Å². The van der Waals surface area contributed by atoms with E-state index in [4.69, 9.17) is 0 Å². The molecule has 2 heterocycles. The highest BCUT2D eigenvalue weighted by molar-refractivity contribution is 6.46. The van der Waals surface area contributed by atoms with Crippen LogP contribution in [0.3, 0.4) is 0 Å². The molecule has 1 aromatic heterocycles. The molecule has 0 radical (unpaired) electrons. The first-order valence-electron chi connectivity index (χ1n) is 10.2. The number of hydrogen-bond donors (Lipinski definition) is 1. The molecule has 0 spiro atoms. The van der Waals surface area contributed by atoms with E-state index in [9.17, 15) is 27.9 Å². The van der Waals surface area contributed by atoms with Gasteiger partial charge in [-0.05, 0) is 24.1 Å². The summed E-state index contributed by atoms with van der Waals surface area (Å²) in [4.78, 5) is 31.1. The number of imidazole rings is 1. The minimum absolute atomic E-state index is 0.145. The van der Waals surface area contributed by atoms with Gasteiger partial charge in [-0.1, -0.05) is 42.5 Å². The van der Waals surface area contributed by atoms with Crippen molar-refractivity contribution in [2.24, 2.45) is 0 Å².